The third kappa shape index (κ3) is 2.73. The summed E-state index contributed by atoms with van der Waals surface area (Å²) in [6.07, 6.45) is 0. The third-order valence-corrected chi connectivity index (χ3v) is 3.79. The number of nitrogens with zero attached hydrogens (tertiary/aromatic N) is 2. The van der Waals surface area contributed by atoms with Gasteiger partial charge in [0.1, 0.15) is 11.6 Å². The first-order chi connectivity index (χ1) is 11.7. The summed E-state index contributed by atoms with van der Waals surface area (Å²) in [5.41, 5.74) is 2.77. The Bertz CT molecular complexity index is 940. The van der Waals surface area contributed by atoms with Crippen LogP contribution in [0.25, 0.3) is 22.2 Å². The molecule has 6 heteroatoms. The number of nitro benzene ring substituents is 1. The van der Waals surface area contributed by atoms with Crippen molar-refractivity contribution in [3.05, 3.63) is 63.7 Å². The Kier molecular flexibility index (Phi) is 4.27. The molecule has 0 fully saturated rings. The molecule has 0 aliphatic carbocycles. The first-order valence-corrected chi connectivity index (χ1v) is 7.52. The van der Waals surface area contributed by atoms with Gasteiger partial charge in [-0.05, 0) is 24.1 Å². The summed E-state index contributed by atoms with van der Waals surface area (Å²) < 4.78 is 5.35. The minimum absolute atomic E-state index is 0.0547. The standard InChI is InChI=1S/C18H15N3O3/c1-2-24-11-12-8-14-15(10-19)17(13-6-4-3-5-7-13)20-18(14)16(9-12)21(22)23/h3-9,20H,2,11H2,1H3. The lowest BCUT2D eigenvalue weighted by atomic mass is 10.0. The molecule has 0 aliphatic rings. The number of aromatic nitrogens is 1. The van der Waals surface area contributed by atoms with E-state index in [0.29, 0.717) is 34.3 Å². The number of fused-ring (bicyclic) bond motifs is 1. The average molecular weight is 321 g/mol. The van der Waals surface area contributed by atoms with Gasteiger partial charge in [-0.15, -0.1) is 0 Å². The molecule has 0 bridgehead atoms. The predicted molar refractivity (Wildman–Crippen MR) is 90.4 cm³/mol. The first kappa shape index (κ1) is 15.7. The summed E-state index contributed by atoms with van der Waals surface area (Å²) in [6, 6.07) is 14.8. The van der Waals surface area contributed by atoms with Crippen molar-refractivity contribution in [2.45, 2.75) is 13.5 Å². The highest BCUT2D eigenvalue weighted by atomic mass is 16.6. The van der Waals surface area contributed by atoms with Crippen LogP contribution in [0.2, 0.25) is 0 Å². The number of hydrogen-bond acceptors (Lipinski definition) is 4. The molecule has 0 aliphatic heterocycles. The van der Waals surface area contributed by atoms with Crippen LogP contribution in [-0.4, -0.2) is 16.5 Å². The van der Waals surface area contributed by atoms with Gasteiger partial charge in [-0.2, -0.15) is 5.26 Å². The number of nitro groups is 1. The highest BCUT2D eigenvalue weighted by Crippen LogP contribution is 2.35. The van der Waals surface area contributed by atoms with Crippen LogP contribution in [0.15, 0.2) is 42.5 Å². The molecule has 120 valence electrons. The zero-order valence-electron chi connectivity index (χ0n) is 13.1. The van der Waals surface area contributed by atoms with Crippen LogP contribution in [0.3, 0.4) is 0 Å². The van der Waals surface area contributed by atoms with Gasteiger partial charge in [0, 0.05) is 18.1 Å². The molecule has 3 aromatic rings. The number of hydrogen-bond donors (Lipinski definition) is 1. The van der Waals surface area contributed by atoms with Crippen LogP contribution in [0, 0.1) is 21.4 Å². The molecule has 0 atom stereocenters. The molecule has 1 N–H and O–H groups in total. The topological polar surface area (TPSA) is 91.9 Å². The van der Waals surface area contributed by atoms with Gasteiger partial charge < -0.3 is 9.72 Å². The summed E-state index contributed by atoms with van der Waals surface area (Å²) in [5.74, 6) is 0. The van der Waals surface area contributed by atoms with E-state index in [1.807, 2.05) is 37.3 Å². The Morgan fingerprint density at radius 3 is 2.67 bits per heavy atom. The fourth-order valence-corrected chi connectivity index (χ4v) is 2.72. The monoisotopic (exact) mass is 321 g/mol. The average Bonchev–Trinajstić information content (AvgIpc) is 2.98. The second-order valence-corrected chi connectivity index (χ2v) is 5.28. The summed E-state index contributed by atoms with van der Waals surface area (Å²) in [4.78, 5) is 14.1. The molecular formula is C18H15N3O3. The normalized spacial score (nSPS) is 10.7. The van der Waals surface area contributed by atoms with Crippen molar-refractivity contribution in [2.75, 3.05) is 6.61 Å². The van der Waals surface area contributed by atoms with E-state index in [0.717, 1.165) is 5.56 Å². The van der Waals surface area contributed by atoms with E-state index in [9.17, 15) is 15.4 Å². The van der Waals surface area contributed by atoms with Crippen LogP contribution >= 0.6 is 0 Å². The molecule has 0 radical (unpaired) electrons. The molecule has 3 rings (SSSR count). The smallest absolute Gasteiger partial charge is 0.293 e. The Morgan fingerprint density at radius 1 is 1.29 bits per heavy atom. The van der Waals surface area contributed by atoms with Crippen molar-refractivity contribution >= 4 is 16.6 Å². The molecular weight excluding hydrogens is 306 g/mol. The second kappa shape index (κ2) is 6.52. The number of benzene rings is 2. The molecule has 0 saturated heterocycles. The third-order valence-electron chi connectivity index (χ3n) is 3.79. The molecule has 0 unspecified atom stereocenters. The second-order valence-electron chi connectivity index (χ2n) is 5.28. The molecule has 2 aromatic carbocycles. The Balaban J connectivity index is 2.28. The molecule has 0 amide bonds. The van der Waals surface area contributed by atoms with Gasteiger partial charge in [0.15, 0.2) is 0 Å². The largest absolute Gasteiger partial charge is 0.377 e. The number of H-pyrrole nitrogens is 1. The molecule has 1 aromatic heterocycles. The van der Waals surface area contributed by atoms with Crippen LogP contribution in [-0.2, 0) is 11.3 Å². The fraction of sp³-hybridized carbons (Fsp3) is 0.167. The molecule has 24 heavy (non-hydrogen) atoms. The lowest BCUT2D eigenvalue weighted by Crippen LogP contribution is -1.95. The van der Waals surface area contributed by atoms with E-state index < -0.39 is 4.92 Å². The predicted octanol–water partition coefficient (Wildman–Crippen LogP) is 4.15. The molecule has 0 saturated carbocycles. The van der Waals surface area contributed by atoms with Gasteiger partial charge in [-0.1, -0.05) is 30.3 Å². The lowest BCUT2D eigenvalue weighted by molar-refractivity contribution is -0.383. The Morgan fingerprint density at radius 2 is 2.04 bits per heavy atom. The number of rotatable bonds is 5. The maximum absolute atomic E-state index is 11.4. The van der Waals surface area contributed by atoms with Crippen molar-refractivity contribution in [1.82, 2.24) is 4.98 Å². The number of nitrogens with one attached hydrogen (secondary N) is 1. The van der Waals surface area contributed by atoms with E-state index in [1.165, 1.54) is 6.07 Å². The van der Waals surface area contributed by atoms with Crippen LogP contribution in [0.4, 0.5) is 5.69 Å². The maximum Gasteiger partial charge on any atom is 0.293 e. The SMILES string of the molecule is CCOCc1cc([N+](=O)[O-])c2[nH]c(-c3ccccc3)c(C#N)c2c1. The number of aromatic amines is 1. The van der Waals surface area contributed by atoms with E-state index in [4.69, 9.17) is 4.74 Å². The van der Waals surface area contributed by atoms with Crippen LogP contribution in [0.5, 0.6) is 0 Å². The lowest BCUT2D eigenvalue weighted by Gasteiger charge is -2.03. The van der Waals surface area contributed by atoms with Gasteiger partial charge in [0.05, 0.1) is 22.8 Å². The van der Waals surface area contributed by atoms with E-state index in [-0.39, 0.29) is 12.3 Å². The summed E-state index contributed by atoms with van der Waals surface area (Å²) in [7, 11) is 0. The summed E-state index contributed by atoms with van der Waals surface area (Å²) in [5, 5.41) is 21.6. The van der Waals surface area contributed by atoms with Gasteiger partial charge in [0.25, 0.3) is 5.69 Å². The van der Waals surface area contributed by atoms with Gasteiger partial charge in [-0.3, -0.25) is 10.1 Å². The quantitative estimate of drug-likeness (QED) is 0.564. The van der Waals surface area contributed by atoms with Crippen molar-refractivity contribution in [3.63, 3.8) is 0 Å². The zero-order chi connectivity index (χ0) is 17.1. The van der Waals surface area contributed by atoms with Gasteiger partial charge >= 0.3 is 0 Å². The zero-order valence-corrected chi connectivity index (χ0v) is 13.1. The number of ether oxygens (including phenoxy) is 1. The van der Waals surface area contributed by atoms with Gasteiger partial charge in [0.2, 0.25) is 0 Å². The minimum Gasteiger partial charge on any atom is -0.377 e. The fourth-order valence-electron chi connectivity index (χ4n) is 2.72. The van der Waals surface area contributed by atoms with E-state index >= 15 is 0 Å². The maximum atomic E-state index is 11.4. The van der Waals surface area contributed by atoms with Crippen molar-refractivity contribution in [3.8, 4) is 17.3 Å². The highest BCUT2D eigenvalue weighted by Gasteiger charge is 2.21. The molecule has 0 spiro atoms. The van der Waals surface area contributed by atoms with Crippen molar-refractivity contribution in [2.24, 2.45) is 0 Å². The molecule has 6 nitrogen and oxygen atoms in total. The van der Waals surface area contributed by atoms with Crippen molar-refractivity contribution < 1.29 is 9.66 Å². The van der Waals surface area contributed by atoms with Crippen molar-refractivity contribution in [1.29, 1.82) is 5.26 Å². The van der Waals surface area contributed by atoms with Crippen LogP contribution < -0.4 is 0 Å². The summed E-state index contributed by atoms with van der Waals surface area (Å²) >= 11 is 0. The summed E-state index contributed by atoms with van der Waals surface area (Å²) in [6.45, 7) is 2.64. The number of non-ortho nitro benzene ring substituents is 1. The Labute approximate surface area is 138 Å². The minimum atomic E-state index is -0.440. The number of nitriles is 1. The van der Waals surface area contributed by atoms with E-state index in [1.54, 1.807) is 6.07 Å². The van der Waals surface area contributed by atoms with E-state index in [2.05, 4.69) is 11.1 Å². The van der Waals surface area contributed by atoms with Crippen LogP contribution in [0.1, 0.15) is 18.1 Å². The first-order valence-electron chi connectivity index (χ1n) is 7.52. The Hall–Kier alpha value is -3.17. The molecule has 1 heterocycles. The van der Waals surface area contributed by atoms with Gasteiger partial charge in [-0.25, -0.2) is 0 Å². The highest BCUT2D eigenvalue weighted by molar-refractivity contribution is 5.98.